The van der Waals surface area contributed by atoms with Gasteiger partial charge in [-0.15, -0.1) is 0 Å². The molecular formula is C12H17N3O. The third kappa shape index (κ3) is 3.31. The summed E-state index contributed by atoms with van der Waals surface area (Å²) in [5.41, 5.74) is 1.29. The molecule has 2 heterocycles. The van der Waals surface area contributed by atoms with Crippen molar-refractivity contribution in [3.63, 3.8) is 0 Å². The first-order valence-corrected chi connectivity index (χ1v) is 5.73. The quantitative estimate of drug-likeness (QED) is 0.775. The van der Waals surface area contributed by atoms with Crippen LogP contribution in [0.2, 0.25) is 0 Å². The number of pyridine rings is 1. The Kier molecular flexibility index (Phi) is 3.88. The molecule has 1 saturated heterocycles. The molecule has 0 radical (unpaired) electrons. The molecule has 1 fully saturated rings. The van der Waals surface area contributed by atoms with Crippen LogP contribution in [-0.2, 0) is 11.2 Å². The topological polar surface area (TPSA) is 54.0 Å². The number of aromatic nitrogens is 1. The fourth-order valence-corrected chi connectivity index (χ4v) is 1.88. The zero-order valence-corrected chi connectivity index (χ0v) is 9.28. The molecule has 4 nitrogen and oxygen atoms in total. The molecule has 1 aliphatic rings. The standard InChI is InChI=1S/C12H17N3O/c16-12-2-1-11(9-15-12)14-8-5-10-3-6-13-7-4-10/h3-4,6-7,11,14H,1-2,5,8-9H2,(H,15,16). The SMILES string of the molecule is O=C1CCC(NCCc2ccncc2)CN1. The largest absolute Gasteiger partial charge is 0.355 e. The van der Waals surface area contributed by atoms with E-state index in [4.69, 9.17) is 0 Å². The molecule has 1 aliphatic heterocycles. The van der Waals surface area contributed by atoms with Gasteiger partial charge in [0.15, 0.2) is 0 Å². The van der Waals surface area contributed by atoms with Gasteiger partial charge in [-0.25, -0.2) is 0 Å². The van der Waals surface area contributed by atoms with Crippen LogP contribution in [0.1, 0.15) is 18.4 Å². The van der Waals surface area contributed by atoms with Crippen molar-refractivity contribution >= 4 is 5.91 Å². The second kappa shape index (κ2) is 5.61. The van der Waals surface area contributed by atoms with Gasteiger partial charge in [-0.3, -0.25) is 9.78 Å². The Labute approximate surface area is 95.5 Å². The first-order chi connectivity index (χ1) is 7.84. The van der Waals surface area contributed by atoms with Gasteiger partial charge in [-0.05, 0) is 37.1 Å². The third-order valence-corrected chi connectivity index (χ3v) is 2.86. The molecular weight excluding hydrogens is 202 g/mol. The summed E-state index contributed by atoms with van der Waals surface area (Å²) in [6, 6.07) is 4.49. The van der Waals surface area contributed by atoms with Crippen molar-refractivity contribution < 1.29 is 4.79 Å². The summed E-state index contributed by atoms with van der Waals surface area (Å²) in [7, 11) is 0. The maximum absolute atomic E-state index is 11.0. The average molecular weight is 219 g/mol. The minimum atomic E-state index is 0.173. The maximum atomic E-state index is 11.0. The molecule has 0 saturated carbocycles. The van der Waals surface area contributed by atoms with E-state index in [1.807, 2.05) is 24.5 Å². The maximum Gasteiger partial charge on any atom is 0.220 e. The predicted molar refractivity (Wildman–Crippen MR) is 62.0 cm³/mol. The lowest BCUT2D eigenvalue weighted by atomic mass is 10.1. The monoisotopic (exact) mass is 219 g/mol. The summed E-state index contributed by atoms with van der Waals surface area (Å²) in [5.74, 6) is 0.173. The van der Waals surface area contributed by atoms with Gasteiger partial charge in [0.05, 0.1) is 0 Å². The smallest absolute Gasteiger partial charge is 0.220 e. The van der Waals surface area contributed by atoms with Crippen LogP contribution < -0.4 is 10.6 Å². The molecule has 2 N–H and O–H groups in total. The van der Waals surface area contributed by atoms with Gasteiger partial charge in [0.2, 0.25) is 5.91 Å². The Morgan fingerprint density at radius 3 is 2.94 bits per heavy atom. The second-order valence-corrected chi connectivity index (χ2v) is 4.10. The average Bonchev–Trinajstić information content (AvgIpc) is 2.33. The summed E-state index contributed by atoms with van der Waals surface area (Å²) >= 11 is 0. The summed E-state index contributed by atoms with van der Waals surface area (Å²) in [4.78, 5) is 14.9. The minimum Gasteiger partial charge on any atom is -0.355 e. The molecule has 1 amide bonds. The van der Waals surface area contributed by atoms with Gasteiger partial charge in [0.1, 0.15) is 0 Å². The second-order valence-electron chi connectivity index (χ2n) is 4.10. The zero-order chi connectivity index (χ0) is 11.2. The van der Waals surface area contributed by atoms with E-state index < -0.39 is 0 Å². The summed E-state index contributed by atoms with van der Waals surface area (Å²) < 4.78 is 0. The predicted octanol–water partition coefficient (Wildman–Crippen LogP) is 0.492. The number of carbonyl (C=O) groups is 1. The lowest BCUT2D eigenvalue weighted by Crippen LogP contribution is -2.46. The van der Waals surface area contributed by atoms with Crippen LogP contribution in [0.5, 0.6) is 0 Å². The fraction of sp³-hybridized carbons (Fsp3) is 0.500. The van der Waals surface area contributed by atoms with Crippen LogP contribution in [0, 0.1) is 0 Å². The number of piperidine rings is 1. The number of rotatable bonds is 4. The van der Waals surface area contributed by atoms with Crippen molar-refractivity contribution in [3.8, 4) is 0 Å². The van der Waals surface area contributed by atoms with Crippen LogP contribution >= 0.6 is 0 Å². The van der Waals surface area contributed by atoms with E-state index in [1.54, 1.807) is 0 Å². The van der Waals surface area contributed by atoms with E-state index >= 15 is 0 Å². The molecule has 1 atom stereocenters. The normalized spacial score (nSPS) is 20.5. The summed E-state index contributed by atoms with van der Waals surface area (Å²) in [6.07, 6.45) is 6.23. The van der Waals surface area contributed by atoms with Crippen molar-refractivity contribution in [3.05, 3.63) is 30.1 Å². The molecule has 1 unspecified atom stereocenters. The number of nitrogens with one attached hydrogen (secondary N) is 2. The zero-order valence-electron chi connectivity index (χ0n) is 9.28. The van der Waals surface area contributed by atoms with Crippen molar-refractivity contribution in [1.29, 1.82) is 0 Å². The van der Waals surface area contributed by atoms with Crippen molar-refractivity contribution in [2.45, 2.75) is 25.3 Å². The van der Waals surface area contributed by atoms with Gasteiger partial charge in [0, 0.05) is 31.4 Å². The Morgan fingerprint density at radius 1 is 1.44 bits per heavy atom. The molecule has 0 bridgehead atoms. The van der Waals surface area contributed by atoms with E-state index in [0.717, 1.165) is 25.9 Å². The molecule has 86 valence electrons. The summed E-state index contributed by atoms with van der Waals surface area (Å²) in [5, 5.41) is 6.32. The van der Waals surface area contributed by atoms with E-state index in [0.29, 0.717) is 12.5 Å². The van der Waals surface area contributed by atoms with Gasteiger partial charge in [0.25, 0.3) is 0 Å². The highest BCUT2D eigenvalue weighted by atomic mass is 16.1. The van der Waals surface area contributed by atoms with E-state index in [2.05, 4.69) is 15.6 Å². The molecule has 0 spiro atoms. The lowest BCUT2D eigenvalue weighted by molar-refractivity contribution is -0.122. The van der Waals surface area contributed by atoms with Crippen LogP contribution in [0.4, 0.5) is 0 Å². The lowest BCUT2D eigenvalue weighted by Gasteiger charge is -2.23. The number of hydrogen-bond donors (Lipinski definition) is 2. The first kappa shape index (κ1) is 11.1. The third-order valence-electron chi connectivity index (χ3n) is 2.86. The Bertz CT molecular complexity index is 329. The fourth-order valence-electron chi connectivity index (χ4n) is 1.88. The Morgan fingerprint density at radius 2 is 2.25 bits per heavy atom. The van der Waals surface area contributed by atoms with Crippen LogP contribution in [-0.4, -0.2) is 30.0 Å². The van der Waals surface area contributed by atoms with Crippen molar-refractivity contribution in [2.24, 2.45) is 0 Å². The highest BCUT2D eigenvalue weighted by Gasteiger charge is 2.16. The molecule has 2 rings (SSSR count). The first-order valence-electron chi connectivity index (χ1n) is 5.73. The van der Waals surface area contributed by atoms with Crippen molar-refractivity contribution in [1.82, 2.24) is 15.6 Å². The highest BCUT2D eigenvalue weighted by molar-refractivity contribution is 5.76. The van der Waals surface area contributed by atoms with Crippen LogP contribution in [0.15, 0.2) is 24.5 Å². The van der Waals surface area contributed by atoms with Crippen LogP contribution in [0.3, 0.4) is 0 Å². The molecule has 16 heavy (non-hydrogen) atoms. The van der Waals surface area contributed by atoms with Gasteiger partial charge in [-0.1, -0.05) is 0 Å². The number of hydrogen-bond acceptors (Lipinski definition) is 3. The number of nitrogens with zero attached hydrogens (tertiary/aromatic N) is 1. The molecule has 4 heteroatoms. The Hall–Kier alpha value is -1.42. The van der Waals surface area contributed by atoms with E-state index in [-0.39, 0.29) is 5.91 Å². The highest BCUT2D eigenvalue weighted by Crippen LogP contribution is 2.03. The van der Waals surface area contributed by atoms with E-state index in [1.165, 1.54) is 5.56 Å². The van der Waals surface area contributed by atoms with Gasteiger partial charge in [-0.2, -0.15) is 0 Å². The number of carbonyl (C=O) groups excluding carboxylic acids is 1. The van der Waals surface area contributed by atoms with Gasteiger partial charge < -0.3 is 10.6 Å². The van der Waals surface area contributed by atoms with E-state index in [9.17, 15) is 4.79 Å². The van der Waals surface area contributed by atoms with Crippen LogP contribution in [0.25, 0.3) is 0 Å². The Balaban J connectivity index is 1.67. The summed E-state index contributed by atoms with van der Waals surface area (Å²) in [6.45, 7) is 1.71. The number of amides is 1. The van der Waals surface area contributed by atoms with Gasteiger partial charge >= 0.3 is 0 Å². The molecule has 1 aromatic heterocycles. The molecule has 1 aromatic rings. The molecule has 0 aromatic carbocycles. The molecule has 0 aliphatic carbocycles. The van der Waals surface area contributed by atoms with Crippen molar-refractivity contribution in [2.75, 3.05) is 13.1 Å². The minimum absolute atomic E-state index is 0.173.